The first-order valence-electron chi connectivity index (χ1n) is 10.2. The Hall–Kier alpha value is -2.93. The maximum Gasteiger partial charge on any atom is 0.328 e. The molecule has 2 aromatic rings. The Kier molecular flexibility index (Phi) is 7.05. The predicted octanol–water partition coefficient (Wildman–Crippen LogP) is 2.15. The van der Waals surface area contributed by atoms with Crippen molar-refractivity contribution in [1.29, 1.82) is 0 Å². The van der Waals surface area contributed by atoms with E-state index in [-0.39, 0.29) is 29.7 Å². The molecule has 160 valence electrons. The van der Waals surface area contributed by atoms with Crippen LogP contribution in [0.15, 0.2) is 47.4 Å². The van der Waals surface area contributed by atoms with Gasteiger partial charge in [0.1, 0.15) is 11.6 Å². The zero-order chi connectivity index (χ0) is 21.7. The molecular weight excluding hydrogens is 384 g/mol. The van der Waals surface area contributed by atoms with Gasteiger partial charge >= 0.3 is 5.97 Å². The zero-order valence-corrected chi connectivity index (χ0v) is 17.3. The highest BCUT2D eigenvalue weighted by atomic mass is 16.5. The smallest absolute Gasteiger partial charge is 0.328 e. The SMILES string of the molecule is COC(=O)[C@H](Cc1ccccc1)NC(=O)c1c(C)ccn(C2CCC(O)CC2)c1=O. The molecule has 0 unspecified atom stereocenters. The molecule has 0 saturated heterocycles. The van der Waals surface area contributed by atoms with Crippen molar-refractivity contribution in [2.75, 3.05) is 7.11 Å². The lowest BCUT2D eigenvalue weighted by Gasteiger charge is -2.27. The number of aryl methyl sites for hydroxylation is 1. The minimum Gasteiger partial charge on any atom is -0.467 e. The average molecular weight is 412 g/mol. The van der Waals surface area contributed by atoms with E-state index >= 15 is 0 Å². The number of hydrogen-bond donors (Lipinski definition) is 2. The van der Waals surface area contributed by atoms with E-state index < -0.39 is 17.9 Å². The topological polar surface area (TPSA) is 97.6 Å². The summed E-state index contributed by atoms with van der Waals surface area (Å²) in [5, 5.41) is 12.4. The Bertz CT molecular complexity index is 946. The van der Waals surface area contributed by atoms with Gasteiger partial charge in [-0.05, 0) is 49.8 Å². The van der Waals surface area contributed by atoms with Crippen LogP contribution < -0.4 is 10.9 Å². The number of rotatable bonds is 6. The molecule has 1 atom stereocenters. The van der Waals surface area contributed by atoms with E-state index in [1.165, 1.54) is 7.11 Å². The van der Waals surface area contributed by atoms with Crippen molar-refractivity contribution < 1.29 is 19.4 Å². The number of aromatic nitrogens is 1. The van der Waals surface area contributed by atoms with E-state index in [0.717, 1.165) is 5.56 Å². The van der Waals surface area contributed by atoms with Crippen molar-refractivity contribution in [3.8, 4) is 0 Å². The number of aliphatic hydroxyl groups is 1. The van der Waals surface area contributed by atoms with Gasteiger partial charge in [-0.25, -0.2) is 4.79 Å². The first kappa shape index (κ1) is 21.8. The average Bonchev–Trinajstić information content (AvgIpc) is 2.74. The summed E-state index contributed by atoms with van der Waals surface area (Å²) in [5.41, 5.74) is 1.08. The third-order valence-electron chi connectivity index (χ3n) is 5.69. The molecule has 1 saturated carbocycles. The largest absolute Gasteiger partial charge is 0.467 e. The molecule has 1 aliphatic rings. The van der Waals surface area contributed by atoms with Crippen molar-refractivity contribution in [3.05, 3.63) is 69.6 Å². The summed E-state index contributed by atoms with van der Waals surface area (Å²) in [6.07, 6.45) is 4.28. The molecular formula is C23H28N2O5. The Morgan fingerprint density at radius 3 is 2.47 bits per heavy atom. The Labute approximate surface area is 175 Å². The molecule has 3 rings (SSSR count). The van der Waals surface area contributed by atoms with Crippen molar-refractivity contribution in [2.24, 2.45) is 0 Å². The molecule has 0 aliphatic heterocycles. The van der Waals surface area contributed by atoms with Crippen LogP contribution in [-0.4, -0.2) is 40.8 Å². The molecule has 1 aliphatic carbocycles. The Balaban J connectivity index is 1.84. The maximum atomic E-state index is 13.1. The van der Waals surface area contributed by atoms with Gasteiger partial charge < -0.3 is 19.7 Å². The first-order valence-corrected chi connectivity index (χ1v) is 10.2. The second-order valence-electron chi connectivity index (χ2n) is 7.79. The van der Waals surface area contributed by atoms with Gasteiger partial charge in [-0.2, -0.15) is 0 Å². The van der Waals surface area contributed by atoms with E-state index in [9.17, 15) is 19.5 Å². The molecule has 7 nitrogen and oxygen atoms in total. The number of nitrogens with one attached hydrogen (secondary N) is 1. The normalized spacial score (nSPS) is 19.7. The highest BCUT2D eigenvalue weighted by Gasteiger charge is 2.27. The van der Waals surface area contributed by atoms with Crippen LogP contribution >= 0.6 is 0 Å². The van der Waals surface area contributed by atoms with Gasteiger partial charge in [-0.15, -0.1) is 0 Å². The van der Waals surface area contributed by atoms with E-state index in [0.29, 0.717) is 31.2 Å². The summed E-state index contributed by atoms with van der Waals surface area (Å²) in [6.45, 7) is 1.70. The van der Waals surface area contributed by atoms with Crippen molar-refractivity contribution in [2.45, 2.75) is 57.2 Å². The van der Waals surface area contributed by atoms with Crippen molar-refractivity contribution in [1.82, 2.24) is 9.88 Å². The number of nitrogens with zero attached hydrogens (tertiary/aromatic N) is 1. The minimum atomic E-state index is -0.901. The van der Waals surface area contributed by atoms with Crippen LogP contribution in [0.4, 0.5) is 0 Å². The number of hydrogen-bond acceptors (Lipinski definition) is 5. The highest BCUT2D eigenvalue weighted by molar-refractivity contribution is 5.97. The lowest BCUT2D eigenvalue weighted by molar-refractivity contribution is -0.142. The zero-order valence-electron chi connectivity index (χ0n) is 17.3. The number of pyridine rings is 1. The first-order chi connectivity index (χ1) is 14.4. The summed E-state index contributed by atoms with van der Waals surface area (Å²) >= 11 is 0. The van der Waals surface area contributed by atoms with Gasteiger partial charge in [0.05, 0.1) is 13.2 Å². The fourth-order valence-electron chi connectivity index (χ4n) is 3.96. The summed E-state index contributed by atoms with van der Waals surface area (Å²) in [7, 11) is 1.27. The molecule has 1 aromatic heterocycles. The lowest BCUT2D eigenvalue weighted by Crippen LogP contribution is -2.45. The molecule has 0 bridgehead atoms. The Morgan fingerprint density at radius 1 is 1.17 bits per heavy atom. The van der Waals surface area contributed by atoms with Crippen LogP contribution in [0.25, 0.3) is 0 Å². The van der Waals surface area contributed by atoms with Crippen LogP contribution in [0.2, 0.25) is 0 Å². The van der Waals surface area contributed by atoms with Crippen LogP contribution in [-0.2, 0) is 16.0 Å². The molecule has 2 N–H and O–H groups in total. The molecule has 1 heterocycles. The van der Waals surface area contributed by atoms with Crippen LogP contribution in [0, 0.1) is 6.92 Å². The monoisotopic (exact) mass is 412 g/mol. The summed E-state index contributed by atoms with van der Waals surface area (Å²) < 4.78 is 6.43. The van der Waals surface area contributed by atoms with E-state index in [1.807, 2.05) is 30.3 Å². The van der Waals surface area contributed by atoms with Crippen molar-refractivity contribution in [3.63, 3.8) is 0 Å². The quantitative estimate of drug-likeness (QED) is 0.709. The third-order valence-corrected chi connectivity index (χ3v) is 5.69. The second-order valence-corrected chi connectivity index (χ2v) is 7.79. The summed E-state index contributed by atoms with van der Waals surface area (Å²) in [6, 6.07) is 10.1. The lowest BCUT2D eigenvalue weighted by atomic mass is 9.92. The number of benzene rings is 1. The van der Waals surface area contributed by atoms with Gasteiger partial charge in [0.2, 0.25) is 0 Å². The van der Waals surface area contributed by atoms with E-state index in [4.69, 9.17) is 4.74 Å². The number of carbonyl (C=O) groups is 2. The summed E-state index contributed by atoms with van der Waals surface area (Å²) in [5.74, 6) is -1.16. The second kappa shape index (κ2) is 9.71. The predicted molar refractivity (Wildman–Crippen MR) is 112 cm³/mol. The van der Waals surface area contributed by atoms with E-state index in [2.05, 4.69) is 5.32 Å². The number of carbonyl (C=O) groups excluding carboxylic acids is 2. The fraction of sp³-hybridized carbons (Fsp3) is 0.435. The number of ether oxygens (including phenoxy) is 1. The van der Waals surface area contributed by atoms with E-state index in [1.54, 1.807) is 23.8 Å². The van der Waals surface area contributed by atoms with Crippen LogP contribution in [0.5, 0.6) is 0 Å². The summed E-state index contributed by atoms with van der Waals surface area (Å²) in [4.78, 5) is 38.4. The third kappa shape index (κ3) is 4.97. The minimum absolute atomic E-state index is 0.0330. The highest BCUT2D eigenvalue weighted by Crippen LogP contribution is 2.27. The van der Waals surface area contributed by atoms with Crippen LogP contribution in [0.1, 0.15) is 53.2 Å². The maximum absolute atomic E-state index is 13.1. The van der Waals surface area contributed by atoms with Gasteiger partial charge in [-0.1, -0.05) is 30.3 Å². The molecule has 0 radical (unpaired) electrons. The molecule has 0 spiro atoms. The van der Waals surface area contributed by atoms with Gasteiger partial charge in [0.15, 0.2) is 0 Å². The molecule has 1 fully saturated rings. The fourth-order valence-corrected chi connectivity index (χ4v) is 3.96. The Morgan fingerprint density at radius 2 is 1.83 bits per heavy atom. The number of methoxy groups -OCH3 is 1. The van der Waals surface area contributed by atoms with Crippen molar-refractivity contribution >= 4 is 11.9 Å². The number of esters is 1. The van der Waals surface area contributed by atoms with Crippen LogP contribution in [0.3, 0.4) is 0 Å². The number of amides is 1. The van der Waals surface area contributed by atoms with Gasteiger partial charge in [0.25, 0.3) is 11.5 Å². The van der Waals surface area contributed by atoms with Gasteiger partial charge in [0, 0.05) is 18.7 Å². The molecule has 30 heavy (non-hydrogen) atoms. The number of aliphatic hydroxyl groups excluding tert-OH is 1. The van der Waals surface area contributed by atoms with Gasteiger partial charge in [-0.3, -0.25) is 9.59 Å². The molecule has 1 aromatic carbocycles. The molecule has 7 heteroatoms. The molecule has 1 amide bonds. The standard InChI is InChI=1S/C23H28N2O5/c1-15-12-13-25(17-8-10-18(26)11-9-17)22(28)20(15)21(27)24-19(23(29)30-2)14-16-6-4-3-5-7-16/h3-7,12-13,17-19,26H,8-11,14H2,1-2H3,(H,24,27)/t17?,18?,19-/m0/s1.